The van der Waals surface area contributed by atoms with Crippen molar-refractivity contribution < 1.29 is 4.79 Å². The highest BCUT2D eigenvalue weighted by atomic mass is 127. The molecule has 5 heteroatoms. The normalized spacial score (nSPS) is 10.6. The molecule has 1 amide bonds. The quantitative estimate of drug-likeness (QED) is 0.626. The van der Waals surface area contributed by atoms with Crippen molar-refractivity contribution in [1.29, 1.82) is 0 Å². The number of benzene rings is 2. The molecule has 0 aliphatic rings. The van der Waals surface area contributed by atoms with E-state index in [1.807, 2.05) is 37.3 Å². The number of imidazole rings is 1. The van der Waals surface area contributed by atoms with Crippen molar-refractivity contribution in [1.82, 2.24) is 14.9 Å². The second-order valence-electron chi connectivity index (χ2n) is 5.69. The molecule has 0 unspecified atom stereocenters. The Balaban J connectivity index is 1.66. The van der Waals surface area contributed by atoms with Gasteiger partial charge in [-0.1, -0.05) is 29.8 Å². The SMILES string of the molecule is Cc1cccc(C(=O)NCc2cncn2Cc2cccc(I)c2)c1. The lowest BCUT2D eigenvalue weighted by Gasteiger charge is -2.10. The molecule has 1 heterocycles. The predicted molar refractivity (Wildman–Crippen MR) is 103 cm³/mol. The van der Waals surface area contributed by atoms with E-state index in [4.69, 9.17) is 0 Å². The summed E-state index contributed by atoms with van der Waals surface area (Å²) in [7, 11) is 0. The van der Waals surface area contributed by atoms with E-state index in [-0.39, 0.29) is 5.91 Å². The minimum Gasteiger partial charge on any atom is -0.346 e. The molecule has 0 aliphatic carbocycles. The number of carbonyl (C=O) groups is 1. The van der Waals surface area contributed by atoms with E-state index in [1.165, 1.54) is 9.13 Å². The standard InChI is InChI=1S/C19H18IN3O/c1-14-4-2-6-16(8-14)19(24)22-11-18-10-21-13-23(18)12-15-5-3-7-17(20)9-15/h2-10,13H,11-12H2,1H3,(H,22,24). The van der Waals surface area contributed by atoms with E-state index in [0.717, 1.165) is 17.8 Å². The van der Waals surface area contributed by atoms with Crippen molar-refractivity contribution in [2.75, 3.05) is 0 Å². The highest BCUT2D eigenvalue weighted by Crippen LogP contribution is 2.11. The Kier molecular flexibility index (Phi) is 5.30. The Morgan fingerprint density at radius 1 is 1.21 bits per heavy atom. The molecular weight excluding hydrogens is 413 g/mol. The summed E-state index contributed by atoms with van der Waals surface area (Å²) in [6, 6.07) is 15.9. The molecule has 2 aromatic carbocycles. The maximum absolute atomic E-state index is 12.3. The van der Waals surface area contributed by atoms with Gasteiger partial charge in [-0.25, -0.2) is 4.98 Å². The number of rotatable bonds is 5. The molecule has 0 radical (unpaired) electrons. The number of hydrogen-bond acceptors (Lipinski definition) is 2. The van der Waals surface area contributed by atoms with Gasteiger partial charge in [-0.3, -0.25) is 4.79 Å². The van der Waals surface area contributed by atoms with Gasteiger partial charge in [0.2, 0.25) is 0 Å². The van der Waals surface area contributed by atoms with Crippen molar-refractivity contribution in [3.8, 4) is 0 Å². The van der Waals surface area contributed by atoms with Crippen LogP contribution in [0.25, 0.3) is 0 Å². The monoisotopic (exact) mass is 431 g/mol. The summed E-state index contributed by atoms with van der Waals surface area (Å²) in [6.45, 7) is 3.18. The molecule has 1 N–H and O–H groups in total. The van der Waals surface area contributed by atoms with Gasteiger partial charge in [0.15, 0.2) is 0 Å². The molecule has 0 saturated carbocycles. The summed E-state index contributed by atoms with van der Waals surface area (Å²) in [5.41, 5.74) is 3.95. The molecule has 3 rings (SSSR count). The van der Waals surface area contributed by atoms with E-state index in [0.29, 0.717) is 12.1 Å². The Hall–Kier alpha value is -2.15. The lowest BCUT2D eigenvalue weighted by Crippen LogP contribution is -2.24. The molecule has 122 valence electrons. The van der Waals surface area contributed by atoms with Crippen molar-refractivity contribution in [2.24, 2.45) is 0 Å². The van der Waals surface area contributed by atoms with Crippen molar-refractivity contribution in [2.45, 2.75) is 20.0 Å². The third kappa shape index (κ3) is 4.23. The van der Waals surface area contributed by atoms with Gasteiger partial charge in [0.25, 0.3) is 5.91 Å². The topological polar surface area (TPSA) is 46.9 Å². The van der Waals surface area contributed by atoms with Crippen LogP contribution >= 0.6 is 22.6 Å². The van der Waals surface area contributed by atoms with Crippen LogP contribution in [0.4, 0.5) is 0 Å². The Bertz CT molecular complexity index is 857. The number of halogens is 1. The average Bonchev–Trinajstić information content (AvgIpc) is 3.00. The third-order valence-corrected chi connectivity index (χ3v) is 4.42. The van der Waals surface area contributed by atoms with Gasteiger partial charge in [-0.05, 0) is 59.3 Å². The van der Waals surface area contributed by atoms with Crippen LogP contribution in [-0.2, 0) is 13.1 Å². The molecular formula is C19H18IN3O. The zero-order valence-corrected chi connectivity index (χ0v) is 15.5. The molecule has 1 aromatic heterocycles. The van der Waals surface area contributed by atoms with Crippen LogP contribution in [0, 0.1) is 10.5 Å². The van der Waals surface area contributed by atoms with Crippen LogP contribution in [-0.4, -0.2) is 15.5 Å². The molecule has 3 aromatic rings. The van der Waals surface area contributed by atoms with E-state index in [1.54, 1.807) is 12.5 Å². The first-order valence-corrected chi connectivity index (χ1v) is 8.78. The summed E-state index contributed by atoms with van der Waals surface area (Å²) in [6.07, 6.45) is 3.60. The summed E-state index contributed by atoms with van der Waals surface area (Å²) in [5.74, 6) is -0.0688. The molecule has 4 nitrogen and oxygen atoms in total. The smallest absolute Gasteiger partial charge is 0.251 e. The first kappa shape index (κ1) is 16.7. The third-order valence-electron chi connectivity index (χ3n) is 3.75. The van der Waals surface area contributed by atoms with Crippen LogP contribution in [0.3, 0.4) is 0 Å². The zero-order chi connectivity index (χ0) is 16.9. The van der Waals surface area contributed by atoms with Gasteiger partial charge in [-0.2, -0.15) is 0 Å². The minimum absolute atomic E-state index is 0.0688. The molecule has 24 heavy (non-hydrogen) atoms. The summed E-state index contributed by atoms with van der Waals surface area (Å²) in [4.78, 5) is 16.5. The number of aryl methyl sites for hydroxylation is 1. The maximum Gasteiger partial charge on any atom is 0.251 e. The van der Waals surface area contributed by atoms with E-state index >= 15 is 0 Å². The first-order valence-electron chi connectivity index (χ1n) is 7.70. The second kappa shape index (κ2) is 7.61. The van der Waals surface area contributed by atoms with E-state index < -0.39 is 0 Å². The van der Waals surface area contributed by atoms with Crippen LogP contribution < -0.4 is 5.32 Å². The fourth-order valence-corrected chi connectivity index (χ4v) is 3.14. The number of aromatic nitrogens is 2. The van der Waals surface area contributed by atoms with Gasteiger partial charge in [-0.15, -0.1) is 0 Å². The molecule has 0 bridgehead atoms. The summed E-state index contributed by atoms with van der Waals surface area (Å²) in [5, 5.41) is 2.96. The highest BCUT2D eigenvalue weighted by Gasteiger charge is 2.08. The number of amides is 1. The first-order chi connectivity index (χ1) is 11.6. The van der Waals surface area contributed by atoms with E-state index in [9.17, 15) is 4.79 Å². The zero-order valence-electron chi connectivity index (χ0n) is 13.4. The lowest BCUT2D eigenvalue weighted by molar-refractivity contribution is 0.0950. The largest absolute Gasteiger partial charge is 0.346 e. The van der Waals surface area contributed by atoms with Crippen LogP contribution in [0.1, 0.15) is 27.2 Å². The maximum atomic E-state index is 12.3. The van der Waals surface area contributed by atoms with Crippen molar-refractivity contribution in [3.63, 3.8) is 0 Å². The lowest BCUT2D eigenvalue weighted by atomic mass is 10.1. The van der Waals surface area contributed by atoms with Crippen molar-refractivity contribution in [3.05, 3.63) is 87.0 Å². The number of nitrogens with zero attached hydrogens (tertiary/aromatic N) is 2. The molecule has 0 saturated heterocycles. The second-order valence-corrected chi connectivity index (χ2v) is 6.94. The molecule has 0 spiro atoms. The fraction of sp³-hybridized carbons (Fsp3) is 0.158. The van der Waals surface area contributed by atoms with Gasteiger partial charge < -0.3 is 9.88 Å². The number of hydrogen-bond donors (Lipinski definition) is 1. The molecule has 0 fully saturated rings. The minimum atomic E-state index is -0.0688. The fourth-order valence-electron chi connectivity index (χ4n) is 2.53. The van der Waals surface area contributed by atoms with Crippen LogP contribution in [0.5, 0.6) is 0 Å². The summed E-state index contributed by atoms with van der Waals surface area (Å²) < 4.78 is 3.27. The Morgan fingerprint density at radius 3 is 2.83 bits per heavy atom. The van der Waals surface area contributed by atoms with Gasteiger partial charge in [0.1, 0.15) is 0 Å². The number of nitrogens with one attached hydrogen (secondary N) is 1. The van der Waals surface area contributed by atoms with E-state index in [2.05, 4.69) is 55.7 Å². The highest BCUT2D eigenvalue weighted by molar-refractivity contribution is 14.1. The average molecular weight is 431 g/mol. The van der Waals surface area contributed by atoms with Gasteiger partial charge in [0.05, 0.1) is 18.6 Å². The van der Waals surface area contributed by atoms with Crippen LogP contribution in [0.2, 0.25) is 0 Å². The van der Waals surface area contributed by atoms with Crippen LogP contribution in [0.15, 0.2) is 61.1 Å². The molecule has 0 aliphatic heterocycles. The molecule has 0 atom stereocenters. The Labute approximate surface area is 155 Å². The predicted octanol–water partition coefficient (Wildman–Crippen LogP) is 3.77. The van der Waals surface area contributed by atoms with Gasteiger partial charge in [0, 0.05) is 21.9 Å². The Morgan fingerprint density at radius 2 is 2.04 bits per heavy atom. The summed E-state index contributed by atoms with van der Waals surface area (Å²) >= 11 is 2.31. The number of carbonyl (C=O) groups excluding carboxylic acids is 1. The van der Waals surface area contributed by atoms with Crippen molar-refractivity contribution >= 4 is 28.5 Å². The van der Waals surface area contributed by atoms with Gasteiger partial charge >= 0.3 is 0 Å².